The van der Waals surface area contributed by atoms with Gasteiger partial charge < -0.3 is 10.2 Å². The van der Waals surface area contributed by atoms with Crippen LogP contribution in [0.3, 0.4) is 0 Å². The topological polar surface area (TPSA) is 49.4 Å². The maximum absolute atomic E-state index is 12.6. The average Bonchev–Trinajstić information content (AvgIpc) is 2.48. The van der Waals surface area contributed by atoms with E-state index in [-0.39, 0.29) is 17.7 Å². The van der Waals surface area contributed by atoms with Gasteiger partial charge in [0.15, 0.2) is 0 Å². The van der Waals surface area contributed by atoms with Crippen LogP contribution in [0, 0.1) is 5.92 Å². The molecule has 0 aliphatic carbocycles. The van der Waals surface area contributed by atoms with E-state index in [0.717, 1.165) is 12.0 Å². The summed E-state index contributed by atoms with van der Waals surface area (Å²) in [5.41, 5.74) is 0.970. The summed E-state index contributed by atoms with van der Waals surface area (Å²) in [6.07, 6.45) is 0.847. The zero-order valence-electron chi connectivity index (χ0n) is 12.6. The summed E-state index contributed by atoms with van der Waals surface area (Å²) in [6.45, 7) is 6.19. The number of nitrogens with one attached hydrogen (secondary N) is 1. The Hall–Kier alpha value is -1.55. The normalized spacial score (nSPS) is 23.9. The largest absolute Gasteiger partial charge is 0.342 e. The van der Waals surface area contributed by atoms with Crippen molar-refractivity contribution < 1.29 is 9.59 Å². The van der Waals surface area contributed by atoms with Crippen LogP contribution in [0.1, 0.15) is 32.8 Å². The molecule has 1 heterocycles. The molecule has 1 aromatic carbocycles. The number of carbonyl (C=O) groups is 2. The Kier molecular flexibility index (Phi) is 4.88. The predicted molar refractivity (Wildman–Crippen MR) is 82.8 cm³/mol. The van der Waals surface area contributed by atoms with Gasteiger partial charge >= 0.3 is 0 Å². The minimum absolute atomic E-state index is 0.00796. The number of halogens is 1. The van der Waals surface area contributed by atoms with Crippen LogP contribution in [0.25, 0.3) is 0 Å². The Balaban J connectivity index is 2.20. The Bertz CT molecular complexity index is 530. The van der Waals surface area contributed by atoms with Crippen molar-refractivity contribution in [3.63, 3.8) is 0 Å². The van der Waals surface area contributed by atoms with Crippen molar-refractivity contribution in [2.45, 2.75) is 45.8 Å². The molecular formula is C16H21ClN2O2. The lowest BCUT2D eigenvalue weighted by molar-refractivity contribution is -0.150. The third kappa shape index (κ3) is 3.38. The number of benzene rings is 1. The van der Waals surface area contributed by atoms with E-state index in [4.69, 9.17) is 11.6 Å². The van der Waals surface area contributed by atoms with Gasteiger partial charge in [0.25, 0.3) is 0 Å². The van der Waals surface area contributed by atoms with Crippen LogP contribution < -0.4 is 5.32 Å². The van der Waals surface area contributed by atoms with Crippen LogP contribution in [-0.2, 0) is 16.1 Å². The highest BCUT2D eigenvalue weighted by Gasteiger charge is 2.39. The number of hydrogen-bond donors (Lipinski definition) is 1. The molecule has 1 aliphatic heterocycles. The molecular weight excluding hydrogens is 288 g/mol. The fourth-order valence-electron chi connectivity index (χ4n) is 2.47. The van der Waals surface area contributed by atoms with Crippen LogP contribution in [0.5, 0.6) is 0 Å². The molecule has 1 N–H and O–H groups in total. The van der Waals surface area contributed by atoms with Crippen molar-refractivity contribution in [1.82, 2.24) is 10.2 Å². The minimum atomic E-state index is -0.450. The van der Waals surface area contributed by atoms with Crippen molar-refractivity contribution in [1.29, 1.82) is 0 Å². The average molecular weight is 309 g/mol. The Labute approximate surface area is 130 Å². The van der Waals surface area contributed by atoms with E-state index in [9.17, 15) is 9.59 Å². The first-order valence-corrected chi connectivity index (χ1v) is 7.67. The molecule has 0 radical (unpaired) electrons. The summed E-state index contributed by atoms with van der Waals surface area (Å²) >= 11 is 5.87. The SMILES string of the molecule is CCC(C)C1NC(=O)C(C)N(Cc2ccc(Cl)cc2)C1=O. The number of rotatable bonds is 4. The smallest absolute Gasteiger partial charge is 0.246 e. The fraction of sp³-hybridized carbons (Fsp3) is 0.500. The molecule has 2 rings (SSSR count). The summed E-state index contributed by atoms with van der Waals surface area (Å²) < 4.78 is 0. The van der Waals surface area contributed by atoms with Crippen molar-refractivity contribution in [3.05, 3.63) is 34.9 Å². The third-order valence-corrected chi connectivity index (χ3v) is 4.42. The van der Waals surface area contributed by atoms with Gasteiger partial charge in [-0.3, -0.25) is 9.59 Å². The van der Waals surface area contributed by atoms with E-state index in [1.807, 2.05) is 26.0 Å². The highest BCUT2D eigenvalue weighted by molar-refractivity contribution is 6.30. The van der Waals surface area contributed by atoms with Crippen LogP contribution in [0.2, 0.25) is 5.02 Å². The number of carbonyl (C=O) groups excluding carboxylic acids is 2. The van der Waals surface area contributed by atoms with Gasteiger partial charge in [0.1, 0.15) is 12.1 Å². The van der Waals surface area contributed by atoms with Gasteiger partial charge in [-0.15, -0.1) is 0 Å². The molecule has 0 saturated carbocycles. The Morgan fingerprint density at radius 2 is 1.90 bits per heavy atom. The number of amides is 2. The van der Waals surface area contributed by atoms with Crippen molar-refractivity contribution in [2.75, 3.05) is 0 Å². The standard InChI is InChI=1S/C16H21ClN2O2/c1-4-10(2)14-16(21)19(11(3)15(20)18-14)9-12-5-7-13(17)8-6-12/h5-8,10-11,14H,4,9H2,1-3H3,(H,18,20). The van der Waals surface area contributed by atoms with E-state index >= 15 is 0 Å². The monoisotopic (exact) mass is 308 g/mol. The molecule has 1 fully saturated rings. The first kappa shape index (κ1) is 15.8. The lowest BCUT2D eigenvalue weighted by Crippen LogP contribution is -2.63. The first-order chi connectivity index (χ1) is 9.93. The van der Waals surface area contributed by atoms with Crippen LogP contribution in [0.4, 0.5) is 0 Å². The lowest BCUT2D eigenvalue weighted by Gasteiger charge is -2.39. The zero-order valence-corrected chi connectivity index (χ0v) is 13.4. The minimum Gasteiger partial charge on any atom is -0.342 e. The number of nitrogens with zero attached hydrogens (tertiary/aromatic N) is 1. The van der Waals surface area contributed by atoms with Gasteiger partial charge in [-0.05, 0) is 30.5 Å². The summed E-state index contributed by atoms with van der Waals surface area (Å²) in [5.74, 6) is 0.0296. The molecule has 1 aliphatic rings. The predicted octanol–water partition coefficient (Wildman–Crippen LogP) is 2.60. The molecule has 1 aromatic rings. The summed E-state index contributed by atoms with van der Waals surface area (Å²) in [7, 11) is 0. The van der Waals surface area contributed by atoms with E-state index in [0.29, 0.717) is 11.6 Å². The highest BCUT2D eigenvalue weighted by atomic mass is 35.5. The molecule has 3 atom stereocenters. The van der Waals surface area contributed by atoms with E-state index in [1.54, 1.807) is 24.0 Å². The van der Waals surface area contributed by atoms with Crippen LogP contribution in [0.15, 0.2) is 24.3 Å². The first-order valence-electron chi connectivity index (χ1n) is 7.29. The van der Waals surface area contributed by atoms with Gasteiger partial charge in [-0.2, -0.15) is 0 Å². The molecule has 0 aromatic heterocycles. The van der Waals surface area contributed by atoms with Gasteiger partial charge in [-0.1, -0.05) is 44.0 Å². The summed E-state index contributed by atoms with van der Waals surface area (Å²) in [5, 5.41) is 3.50. The fourth-order valence-corrected chi connectivity index (χ4v) is 2.60. The van der Waals surface area contributed by atoms with E-state index in [1.165, 1.54) is 0 Å². The second-order valence-electron chi connectivity index (χ2n) is 5.64. The van der Waals surface area contributed by atoms with Gasteiger partial charge in [0.2, 0.25) is 11.8 Å². The van der Waals surface area contributed by atoms with Gasteiger partial charge in [0.05, 0.1) is 0 Å². The van der Waals surface area contributed by atoms with Crippen molar-refractivity contribution in [3.8, 4) is 0 Å². The highest BCUT2D eigenvalue weighted by Crippen LogP contribution is 2.20. The molecule has 114 valence electrons. The number of hydrogen-bond acceptors (Lipinski definition) is 2. The van der Waals surface area contributed by atoms with Crippen molar-refractivity contribution >= 4 is 23.4 Å². The molecule has 0 bridgehead atoms. The van der Waals surface area contributed by atoms with Crippen LogP contribution >= 0.6 is 11.6 Å². The molecule has 5 heteroatoms. The Morgan fingerprint density at radius 1 is 1.29 bits per heavy atom. The molecule has 21 heavy (non-hydrogen) atoms. The maximum Gasteiger partial charge on any atom is 0.246 e. The molecule has 2 amide bonds. The van der Waals surface area contributed by atoms with Crippen LogP contribution in [-0.4, -0.2) is 28.8 Å². The van der Waals surface area contributed by atoms with Crippen molar-refractivity contribution in [2.24, 2.45) is 5.92 Å². The summed E-state index contributed by atoms with van der Waals surface area (Å²) in [4.78, 5) is 26.4. The molecule has 0 spiro atoms. The second kappa shape index (κ2) is 6.48. The Morgan fingerprint density at radius 3 is 2.48 bits per heavy atom. The summed E-state index contributed by atoms with van der Waals surface area (Å²) in [6, 6.07) is 6.48. The molecule has 3 unspecified atom stereocenters. The second-order valence-corrected chi connectivity index (χ2v) is 6.08. The van der Waals surface area contributed by atoms with Gasteiger partial charge in [-0.25, -0.2) is 0 Å². The molecule has 4 nitrogen and oxygen atoms in total. The maximum atomic E-state index is 12.6. The van der Waals surface area contributed by atoms with E-state index in [2.05, 4.69) is 5.32 Å². The van der Waals surface area contributed by atoms with E-state index < -0.39 is 12.1 Å². The number of piperazine rings is 1. The lowest BCUT2D eigenvalue weighted by atomic mass is 9.94. The van der Waals surface area contributed by atoms with Gasteiger partial charge in [0, 0.05) is 11.6 Å². The molecule has 1 saturated heterocycles. The third-order valence-electron chi connectivity index (χ3n) is 4.17. The quantitative estimate of drug-likeness (QED) is 0.929. The zero-order chi connectivity index (χ0) is 15.6.